The van der Waals surface area contributed by atoms with E-state index in [0.29, 0.717) is 45.8 Å². The molecular weight excluding hydrogens is 441 g/mol. The number of benzene rings is 2. The van der Waals surface area contributed by atoms with Crippen molar-refractivity contribution >= 4 is 16.7 Å². The number of hydrogen-bond donors (Lipinski definition) is 1. The van der Waals surface area contributed by atoms with Gasteiger partial charge in [0, 0.05) is 18.6 Å². The van der Waals surface area contributed by atoms with Crippen molar-refractivity contribution < 1.29 is 13.2 Å². The summed E-state index contributed by atoms with van der Waals surface area (Å²) in [6, 6.07) is 16.2. The zero-order valence-corrected chi connectivity index (χ0v) is 17.7. The van der Waals surface area contributed by atoms with E-state index >= 15 is 0 Å². The van der Waals surface area contributed by atoms with Crippen LogP contribution in [0.5, 0.6) is 0 Å². The molecule has 0 saturated carbocycles. The van der Waals surface area contributed by atoms with E-state index in [0.717, 1.165) is 17.8 Å². The van der Waals surface area contributed by atoms with E-state index in [2.05, 4.69) is 25.3 Å². The molecule has 0 spiro atoms. The zero-order chi connectivity index (χ0) is 23.5. The summed E-state index contributed by atoms with van der Waals surface area (Å²) in [6.07, 6.45) is 1.97. The number of halogens is 3. The minimum Gasteiger partial charge on any atom is -0.364 e. The van der Waals surface area contributed by atoms with Gasteiger partial charge in [0.1, 0.15) is 12.1 Å². The van der Waals surface area contributed by atoms with Crippen molar-refractivity contribution in [2.75, 3.05) is 5.32 Å². The maximum Gasteiger partial charge on any atom is 0.416 e. The summed E-state index contributed by atoms with van der Waals surface area (Å²) in [7, 11) is 0. The lowest BCUT2D eigenvalue weighted by Crippen LogP contribution is -2.06. The molecule has 5 aromatic rings. The zero-order valence-electron chi connectivity index (χ0n) is 17.7. The van der Waals surface area contributed by atoms with Crippen molar-refractivity contribution in [1.82, 2.24) is 24.9 Å². The summed E-state index contributed by atoms with van der Waals surface area (Å²) in [5.74, 6) is 0.964. The summed E-state index contributed by atoms with van der Waals surface area (Å²) >= 11 is 0. The Hall–Kier alpha value is -4.40. The van der Waals surface area contributed by atoms with Gasteiger partial charge in [0.05, 0.1) is 34.3 Å². The molecule has 34 heavy (non-hydrogen) atoms. The maximum absolute atomic E-state index is 13.1. The lowest BCUT2D eigenvalue weighted by atomic mass is 9.99. The highest BCUT2D eigenvalue weighted by Gasteiger charge is 2.30. The van der Waals surface area contributed by atoms with Gasteiger partial charge >= 0.3 is 6.18 Å². The molecule has 0 aliphatic heterocycles. The van der Waals surface area contributed by atoms with Crippen LogP contribution in [0.1, 0.15) is 11.3 Å². The van der Waals surface area contributed by atoms with E-state index in [9.17, 15) is 13.2 Å². The van der Waals surface area contributed by atoms with Crippen molar-refractivity contribution in [2.45, 2.75) is 12.7 Å². The molecule has 3 heterocycles. The highest BCUT2D eigenvalue weighted by molar-refractivity contribution is 6.02. The van der Waals surface area contributed by atoms with Gasteiger partial charge in [0.2, 0.25) is 0 Å². The second-order valence-electron chi connectivity index (χ2n) is 7.47. The minimum absolute atomic E-state index is 0.402. The van der Waals surface area contributed by atoms with E-state index in [1.807, 2.05) is 36.4 Å². The second-order valence-corrected chi connectivity index (χ2v) is 7.47. The summed E-state index contributed by atoms with van der Waals surface area (Å²) in [6.45, 7) is 0.402. The molecule has 0 radical (unpaired) electrons. The number of aromatic nitrogens is 5. The SMILES string of the molecule is FC(F)(F)c1ccc(-c2cccc3nc(-c4cncnc4)nc(NCc4ccccn4)c23)cc1. The lowest BCUT2D eigenvalue weighted by molar-refractivity contribution is -0.137. The van der Waals surface area contributed by atoms with Crippen LogP contribution in [-0.2, 0) is 12.7 Å². The normalized spacial score (nSPS) is 11.5. The van der Waals surface area contributed by atoms with E-state index in [1.54, 1.807) is 18.6 Å². The molecule has 0 bridgehead atoms. The fourth-order valence-corrected chi connectivity index (χ4v) is 3.61. The molecule has 0 atom stereocenters. The van der Waals surface area contributed by atoms with Crippen molar-refractivity contribution in [1.29, 1.82) is 0 Å². The fraction of sp³-hybridized carbons (Fsp3) is 0.0800. The van der Waals surface area contributed by atoms with Crippen LogP contribution in [0.4, 0.5) is 19.0 Å². The Bertz CT molecular complexity index is 1420. The van der Waals surface area contributed by atoms with Crippen LogP contribution in [0.3, 0.4) is 0 Å². The number of hydrogen-bond acceptors (Lipinski definition) is 6. The van der Waals surface area contributed by atoms with Gasteiger partial charge in [0.25, 0.3) is 0 Å². The summed E-state index contributed by atoms with van der Waals surface area (Å²) < 4.78 is 39.2. The first-order valence-corrected chi connectivity index (χ1v) is 10.4. The Balaban J connectivity index is 1.65. The molecule has 9 heteroatoms. The smallest absolute Gasteiger partial charge is 0.364 e. The lowest BCUT2D eigenvalue weighted by Gasteiger charge is -2.15. The van der Waals surface area contributed by atoms with Crippen molar-refractivity contribution in [2.24, 2.45) is 0 Å². The maximum atomic E-state index is 13.1. The van der Waals surface area contributed by atoms with Gasteiger partial charge in [-0.1, -0.05) is 30.3 Å². The third-order valence-electron chi connectivity index (χ3n) is 5.23. The third-order valence-corrected chi connectivity index (χ3v) is 5.23. The molecule has 0 unspecified atom stereocenters. The van der Waals surface area contributed by atoms with Crippen molar-refractivity contribution in [3.05, 3.63) is 96.8 Å². The van der Waals surface area contributed by atoms with Crippen LogP contribution in [-0.4, -0.2) is 24.9 Å². The highest BCUT2D eigenvalue weighted by atomic mass is 19.4. The van der Waals surface area contributed by atoms with Crippen LogP contribution in [0, 0.1) is 0 Å². The number of pyridine rings is 1. The molecular formula is C25H17F3N6. The molecule has 3 aromatic heterocycles. The Morgan fingerprint density at radius 1 is 0.794 bits per heavy atom. The Labute approximate surface area is 192 Å². The summed E-state index contributed by atoms with van der Waals surface area (Å²) in [4.78, 5) is 21.8. The van der Waals surface area contributed by atoms with Gasteiger partial charge < -0.3 is 5.32 Å². The predicted molar refractivity (Wildman–Crippen MR) is 123 cm³/mol. The molecule has 168 valence electrons. The van der Waals surface area contributed by atoms with Gasteiger partial charge in [-0.25, -0.2) is 19.9 Å². The first kappa shape index (κ1) is 21.4. The largest absolute Gasteiger partial charge is 0.416 e. The molecule has 6 nitrogen and oxygen atoms in total. The molecule has 0 aliphatic rings. The van der Waals surface area contributed by atoms with E-state index < -0.39 is 11.7 Å². The van der Waals surface area contributed by atoms with Crippen molar-refractivity contribution in [3.63, 3.8) is 0 Å². The number of rotatable bonds is 5. The van der Waals surface area contributed by atoms with Crippen LogP contribution in [0.25, 0.3) is 33.4 Å². The summed E-state index contributed by atoms with van der Waals surface area (Å²) in [5.41, 5.74) is 2.72. The topological polar surface area (TPSA) is 76.5 Å². The van der Waals surface area contributed by atoms with Gasteiger partial charge in [-0.2, -0.15) is 13.2 Å². The standard InChI is InChI=1S/C25H17F3N6/c26-25(27,28)18-9-7-16(8-10-18)20-5-3-6-21-22(20)24(32-14-19-4-1-2-11-31-19)34-23(33-21)17-12-29-15-30-13-17/h1-13,15H,14H2,(H,32,33,34). The first-order valence-electron chi connectivity index (χ1n) is 10.4. The predicted octanol–water partition coefficient (Wildman–Crippen LogP) is 5.78. The number of nitrogens with zero attached hydrogens (tertiary/aromatic N) is 5. The molecule has 2 aromatic carbocycles. The Morgan fingerprint density at radius 3 is 2.29 bits per heavy atom. The summed E-state index contributed by atoms with van der Waals surface area (Å²) in [5, 5.41) is 4.02. The van der Waals surface area contributed by atoms with Crippen LogP contribution < -0.4 is 5.32 Å². The van der Waals surface area contributed by atoms with Crippen LogP contribution >= 0.6 is 0 Å². The molecule has 0 amide bonds. The Kier molecular flexibility index (Phi) is 5.59. The number of nitrogens with one attached hydrogen (secondary N) is 1. The van der Waals surface area contributed by atoms with E-state index in [1.165, 1.54) is 18.5 Å². The molecule has 1 N–H and O–H groups in total. The number of fused-ring (bicyclic) bond motifs is 1. The average Bonchev–Trinajstić information content (AvgIpc) is 2.87. The number of alkyl halides is 3. The van der Waals surface area contributed by atoms with Gasteiger partial charge in [0.15, 0.2) is 5.82 Å². The highest BCUT2D eigenvalue weighted by Crippen LogP contribution is 2.36. The molecule has 0 saturated heterocycles. The van der Waals surface area contributed by atoms with Gasteiger partial charge in [-0.15, -0.1) is 0 Å². The molecule has 0 aliphatic carbocycles. The quantitative estimate of drug-likeness (QED) is 0.360. The van der Waals surface area contributed by atoms with Crippen LogP contribution in [0.2, 0.25) is 0 Å². The van der Waals surface area contributed by atoms with E-state index in [4.69, 9.17) is 4.98 Å². The number of anilines is 1. The van der Waals surface area contributed by atoms with Gasteiger partial charge in [-0.3, -0.25) is 4.98 Å². The third kappa shape index (κ3) is 4.40. The molecule has 0 fully saturated rings. The average molecular weight is 458 g/mol. The first-order chi connectivity index (χ1) is 16.5. The van der Waals surface area contributed by atoms with Gasteiger partial charge in [-0.05, 0) is 41.5 Å². The monoisotopic (exact) mass is 458 g/mol. The molecule has 5 rings (SSSR count). The van der Waals surface area contributed by atoms with E-state index in [-0.39, 0.29) is 0 Å². The van der Waals surface area contributed by atoms with Crippen LogP contribution in [0.15, 0.2) is 85.6 Å². The fourth-order valence-electron chi connectivity index (χ4n) is 3.61. The second kappa shape index (κ2) is 8.86. The Morgan fingerprint density at radius 2 is 1.59 bits per heavy atom. The van der Waals surface area contributed by atoms with Crippen molar-refractivity contribution in [3.8, 4) is 22.5 Å². The minimum atomic E-state index is -4.40.